The van der Waals surface area contributed by atoms with E-state index in [1.165, 1.54) is 18.4 Å². The van der Waals surface area contributed by atoms with Gasteiger partial charge in [0.05, 0.1) is 0 Å². The molecule has 0 bridgehead atoms. The second-order valence-corrected chi connectivity index (χ2v) is 5.90. The molecule has 0 atom stereocenters. The van der Waals surface area contributed by atoms with E-state index in [1.807, 2.05) is 30.1 Å². The van der Waals surface area contributed by atoms with E-state index in [2.05, 4.69) is 5.32 Å². The average molecular weight is 259 g/mol. The van der Waals surface area contributed by atoms with Gasteiger partial charge in [0, 0.05) is 36.3 Å². The van der Waals surface area contributed by atoms with Crippen molar-refractivity contribution < 1.29 is 4.79 Å². The molecule has 102 valence electrons. The molecule has 1 heterocycles. The summed E-state index contributed by atoms with van der Waals surface area (Å²) in [5, 5.41) is 3.25. The number of hydrogen-bond donors (Lipinski definition) is 2. The number of carbonyl (C=O) groups excluding carboxylic acids is 1. The maximum Gasteiger partial charge on any atom is 0.227 e. The number of nitrogens with zero attached hydrogens (tertiary/aromatic N) is 1. The number of rotatable bonds is 4. The molecule has 0 unspecified atom stereocenters. The second kappa shape index (κ2) is 4.53. The van der Waals surface area contributed by atoms with Gasteiger partial charge in [-0.2, -0.15) is 0 Å². The van der Waals surface area contributed by atoms with E-state index in [0.717, 1.165) is 30.9 Å². The molecule has 2 aliphatic rings. The summed E-state index contributed by atoms with van der Waals surface area (Å²) in [5.74, 6) is 0.250. The molecule has 4 heteroatoms. The Bertz CT molecular complexity index is 508. The monoisotopic (exact) mass is 259 g/mol. The van der Waals surface area contributed by atoms with Crippen LogP contribution in [-0.2, 0) is 11.2 Å². The standard InChI is InChI=1S/C15H21N3O/c1-17-9-15(6-7-15)10-18-13-4-3-12(16)8-11(13)2-5-14(18)19/h3-4,8,17H,2,5-7,9-10,16H2,1H3. The molecule has 1 amide bonds. The molecule has 4 nitrogen and oxygen atoms in total. The zero-order valence-electron chi connectivity index (χ0n) is 11.4. The number of anilines is 2. The minimum atomic E-state index is 0.250. The second-order valence-electron chi connectivity index (χ2n) is 5.90. The molecule has 19 heavy (non-hydrogen) atoms. The fourth-order valence-electron chi connectivity index (χ4n) is 3.03. The van der Waals surface area contributed by atoms with Gasteiger partial charge in [0.15, 0.2) is 0 Å². The summed E-state index contributed by atoms with van der Waals surface area (Å²) in [6.07, 6.45) is 3.84. The van der Waals surface area contributed by atoms with Crippen molar-refractivity contribution in [1.29, 1.82) is 0 Å². The van der Waals surface area contributed by atoms with E-state index in [1.54, 1.807) is 0 Å². The van der Waals surface area contributed by atoms with E-state index in [0.29, 0.717) is 11.8 Å². The minimum absolute atomic E-state index is 0.250. The largest absolute Gasteiger partial charge is 0.399 e. The van der Waals surface area contributed by atoms with Gasteiger partial charge in [0.25, 0.3) is 0 Å². The zero-order chi connectivity index (χ0) is 13.5. The summed E-state index contributed by atoms with van der Waals surface area (Å²) in [5.41, 5.74) is 9.18. The van der Waals surface area contributed by atoms with Gasteiger partial charge in [-0.15, -0.1) is 0 Å². The summed E-state index contributed by atoms with van der Waals surface area (Å²) in [4.78, 5) is 14.2. The number of nitrogen functional groups attached to an aromatic ring is 1. The Hall–Kier alpha value is -1.55. The van der Waals surface area contributed by atoms with Crippen molar-refractivity contribution >= 4 is 17.3 Å². The van der Waals surface area contributed by atoms with Gasteiger partial charge >= 0.3 is 0 Å². The maximum absolute atomic E-state index is 12.2. The number of aryl methyl sites for hydroxylation is 1. The van der Waals surface area contributed by atoms with Gasteiger partial charge in [0.1, 0.15) is 0 Å². The van der Waals surface area contributed by atoms with Crippen LogP contribution in [0.25, 0.3) is 0 Å². The van der Waals surface area contributed by atoms with Crippen LogP contribution in [0.5, 0.6) is 0 Å². The van der Waals surface area contributed by atoms with Crippen molar-refractivity contribution in [2.75, 3.05) is 30.8 Å². The third kappa shape index (κ3) is 2.32. The van der Waals surface area contributed by atoms with Gasteiger partial charge in [0.2, 0.25) is 5.91 Å². The molecule has 3 rings (SSSR count). The summed E-state index contributed by atoms with van der Waals surface area (Å²) in [7, 11) is 1.98. The minimum Gasteiger partial charge on any atom is -0.399 e. The first-order valence-electron chi connectivity index (χ1n) is 6.97. The van der Waals surface area contributed by atoms with Gasteiger partial charge < -0.3 is 16.0 Å². The van der Waals surface area contributed by atoms with Crippen molar-refractivity contribution in [3.05, 3.63) is 23.8 Å². The van der Waals surface area contributed by atoms with Crippen LogP contribution in [0.15, 0.2) is 18.2 Å². The summed E-state index contributed by atoms with van der Waals surface area (Å²) < 4.78 is 0. The third-order valence-corrected chi connectivity index (χ3v) is 4.31. The van der Waals surface area contributed by atoms with Crippen LogP contribution in [0.4, 0.5) is 11.4 Å². The molecular formula is C15H21N3O. The Morgan fingerprint density at radius 3 is 2.84 bits per heavy atom. The summed E-state index contributed by atoms with van der Waals surface area (Å²) in [6, 6.07) is 5.89. The normalized spacial score (nSPS) is 20.3. The number of hydrogen-bond acceptors (Lipinski definition) is 3. The molecule has 3 N–H and O–H groups in total. The number of fused-ring (bicyclic) bond motifs is 1. The highest BCUT2D eigenvalue weighted by atomic mass is 16.2. The number of carbonyl (C=O) groups is 1. The molecule has 1 aliphatic carbocycles. The van der Waals surface area contributed by atoms with Crippen LogP contribution in [0.2, 0.25) is 0 Å². The summed E-state index contributed by atoms with van der Waals surface area (Å²) in [6.45, 7) is 1.82. The van der Waals surface area contributed by atoms with E-state index in [9.17, 15) is 4.79 Å². The first-order chi connectivity index (χ1) is 9.13. The molecular weight excluding hydrogens is 238 g/mol. The molecule has 1 aromatic carbocycles. The quantitative estimate of drug-likeness (QED) is 0.807. The number of benzene rings is 1. The van der Waals surface area contributed by atoms with Crippen LogP contribution >= 0.6 is 0 Å². The molecule has 1 aromatic rings. The van der Waals surface area contributed by atoms with Crippen molar-refractivity contribution in [2.45, 2.75) is 25.7 Å². The van der Waals surface area contributed by atoms with Crippen molar-refractivity contribution in [1.82, 2.24) is 5.32 Å². The van der Waals surface area contributed by atoms with E-state index in [-0.39, 0.29) is 5.91 Å². The van der Waals surface area contributed by atoms with Gasteiger partial charge in [-0.25, -0.2) is 0 Å². The molecule has 1 aliphatic heterocycles. The summed E-state index contributed by atoms with van der Waals surface area (Å²) >= 11 is 0. The van der Waals surface area contributed by atoms with Crippen molar-refractivity contribution in [3.8, 4) is 0 Å². The lowest BCUT2D eigenvalue weighted by Gasteiger charge is -2.33. The lowest BCUT2D eigenvalue weighted by atomic mass is 9.98. The van der Waals surface area contributed by atoms with Gasteiger partial charge in [-0.3, -0.25) is 4.79 Å². The van der Waals surface area contributed by atoms with Crippen molar-refractivity contribution in [2.24, 2.45) is 5.41 Å². The fourth-order valence-corrected chi connectivity index (χ4v) is 3.03. The highest BCUT2D eigenvalue weighted by Crippen LogP contribution is 2.47. The Labute approximate surface area is 114 Å². The van der Waals surface area contributed by atoms with Crippen LogP contribution in [0.1, 0.15) is 24.8 Å². The van der Waals surface area contributed by atoms with Crippen LogP contribution in [0, 0.1) is 5.41 Å². The topological polar surface area (TPSA) is 58.4 Å². The fraction of sp³-hybridized carbons (Fsp3) is 0.533. The Kier molecular flexibility index (Phi) is 2.97. The molecule has 0 spiro atoms. The number of nitrogens with two attached hydrogens (primary N) is 1. The van der Waals surface area contributed by atoms with E-state index < -0.39 is 0 Å². The predicted molar refractivity (Wildman–Crippen MR) is 77.1 cm³/mol. The Morgan fingerprint density at radius 2 is 2.16 bits per heavy atom. The molecule has 0 aromatic heterocycles. The Morgan fingerprint density at radius 1 is 1.37 bits per heavy atom. The smallest absolute Gasteiger partial charge is 0.227 e. The number of amides is 1. The predicted octanol–water partition coefficient (Wildman–Crippen LogP) is 1.55. The van der Waals surface area contributed by atoms with Gasteiger partial charge in [-0.1, -0.05) is 0 Å². The van der Waals surface area contributed by atoms with E-state index >= 15 is 0 Å². The average Bonchev–Trinajstić information content (AvgIpc) is 3.13. The number of nitrogens with one attached hydrogen (secondary N) is 1. The van der Waals surface area contributed by atoms with Crippen molar-refractivity contribution in [3.63, 3.8) is 0 Å². The first-order valence-corrected chi connectivity index (χ1v) is 6.97. The third-order valence-electron chi connectivity index (χ3n) is 4.31. The van der Waals surface area contributed by atoms with Crippen LogP contribution in [0.3, 0.4) is 0 Å². The van der Waals surface area contributed by atoms with E-state index in [4.69, 9.17) is 5.73 Å². The molecule has 0 saturated heterocycles. The van der Waals surface area contributed by atoms with Gasteiger partial charge in [-0.05, 0) is 50.1 Å². The highest BCUT2D eigenvalue weighted by Gasteiger charge is 2.45. The van der Waals surface area contributed by atoms with Crippen LogP contribution < -0.4 is 16.0 Å². The SMILES string of the molecule is CNCC1(CN2C(=O)CCc3cc(N)ccc32)CC1. The zero-order valence-corrected chi connectivity index (χ0v) is 11.4. The molecule has 0 radical (unpaired) electrons. The first kappa shape index (κ1) is 12.5. The lowest BCUT2D eigenvalue weighted by molar-refractivity contribution is -0.119. The van der Waals surface area contributed by atoms with Crippen LogP contribution in [-0.4, -0.2) is 26.0 Å². The molecule has 1 fully saturated rings. The maximum atomic E-state index is 12.2. The molecule has 1 saturated carbocycles. The Balaban J connectivity index is 1.87. The lowest BCUT2D eigenvalue weighted by Crippen LogP contribution is -2.41. The highest BCUT2D eigenvalue weighted by molar-refractivity contribution is 5.96.